The van der Waals surface area contributed by atoms with Gasteiger partial charge in [0.2, 0.25) is 5.88 Å². The van der Waals surface area contributed by atoms with Crippen LogP contribution in [0.4, 0.5) is 0 Å². The first-order chi connectivity index (χ1) is 8.11. The quantitative estimate of drug-likeness (QED) is 0.874. The van der Waals surface area contributed by atoms with E-state index >= 15 is 0 Å². The molecule has 17 heavy (non-hydrogen) atoms. The van der Waals surface area contributed by atoms with Gasteiger partial charge in [-0.3, -0.25) is 0 Å². The predicted octanol–water partition coefficient (Wildman–Crippen LogP) is 2.22. The largest absolute Gasteiger partial charge is 0.497 e. The van der Waals surface area contributed by atoms with Crippen LogP contribution in [0, 0.1) is 0 Å². The molecule has 2 aromatic rings. The number of ether oxygens (including phenoxy) is 1. The summed E-state index contributed by atoms with van der Waals surface area (Å²) in [4.78, 5) is 14.4. The molecule has 2 N–H and O–H groups in total. The summed E-state index contributed by atoms with van der Waals surface area (Å²) < 4.78 is 5.01. The number of hydrogen-bond donors (Lipinski definition) is 2. The number of thiazole rings is 1. The Balaban J connectivity index is 2.39. The second-order valence-corrected chi connectivity index (χ2v) is 4.20. The van der Waals surface area contributed by atoms with E-state index < -0.39 is 11.8 Å². The van der Waals surface area contributed by atoms with Gasteiger partial charge in [-0.2, -0.15) is 0 Å². The van der Waals surface area contributed by atoms with E-state index in [1.54, 1.807) is 31.4 Å². The molecule has 0 radical (unpaired) electrons. The van der Waals surface area contributed by atoms with Crippen molar-refractivity contribution in [3.05, 3.63) is 29.1 Å². The van der Waals surface area contributed by atoms with Crippen LogP contribution in [0.1, 0.15) is 9.67 Å². The molecule has 1 aromatic heterocycles. The predicted molar refractivity (Wildman–Crippen MR) is 62.7 cm³/mol. The highest BCUT2D eigenvalue weighted by molar-refractivity contribution is 7.17. The molecule has 1 aromatic carbocycles. The Hall–Kier alpha value is -2.08. The van der Waals surface area contributed by atoms with Crippen LogP contribution in [0.2, 0.25) is 0 Å². The molecule has 0 spiro atoms. The third-order valence-corrected chi connectivity index (χ3v) is 3.22. The normalized spacial score (nSPS) is 10.2. The second-order valence-electron chi connectivity index (χ2n) is 3.21. The molecule has 0 saturated heterocycles. The highest BCUT2D eigenvalue weighted by Crippen LogP contribution is 2.32. The zero-order chi connectivity index (χ0) is 12.4. The first-order valence-corrected chi connectivity index (χ1v) is 5.51. The van der Waals surface area contributed by atoms with Gasteiger partial charge >= 0.3 is 5.97 Å². The third kappa shape index (κ3) is 2.21. The van der Waals surface area contributed by atoms with Crippen molar-refractivity contribution in [2.45, 2.75) is 0 Å². The fourth-order valence-corrected chi connectivity index (χ4v) is 2.11. The van der Waals surface area contributed by atoms with Crippen molar-refractivity contribution in [1.29, 1.82) is 0 Å². The zero-order valence-corrected chi connectivity index (χ0v) is 9.69. The maximum absolute atomic E-state index is 10.8. The summed E-state index contributed by atoms with van der Waals surface area (Å²) in [6, 6.07) is 6.99. The first kappa shape index (κ1) is 11.4. The SMILES string of the molecule is COc1ccc(-c2nc(O)c(C(=O)O)s2)cc1. The number of carboxylic acids is 1. The summed E-state index contributed by atoms with van der Waals surface area (Å²) >= 11 is 0.933. The monoisotopic (exact) mass is 251 g/mol. The van der Waals surface area contributed by atoms with Crippen LogP contribution in [0.15, 0.2) is 24.3 Å². The van der Waals surface area contributed by atoms with E-state index in [1.807, 2.05) is 0 Å². The summed E-state index contributed by atoms with van der Waals surface area (Å²) in [5, 5.41) is 18.6. The number of benzene rings is 1. The molecule has 1 heterocycles. The summed E-state index contributed by atoms with van der Waals surface area (Å²) in [5.41, 5.74) is 0.735. The van der Waals surface area contributed by atoms with Gasteiger partial charge in [0.1, 0.15) is 10.8 Å². The lowest BCUT2D eigenvalue weighted by atomic mass is 10.2. The Bertz CT molecular complexity index is 547. The minimum absolute atomic E-state index is 0.157. The lowest BCUT2D eigenvalue weighted by Crippen LogP contribution is -1.91. The molecular formula is C11H9NO4S. The average molecular weight is 251 g/mol. The Morgan fingerprint density at radius 1 is 1.35 bits per heavy atom. The number of hydrogen-bond acceptors (Lipinski definition) is 5. The standard InChI is InChI=1S/C11H9NO4S/c1-16-7-4-2-6(3-5-7)10-12-9(13)8(17-10)11(14)15/h2-5,13H,1H3,(H,14,15). The molecule has 0 aliphatic rings. The van der Waals surface area contributed by atoms with Crippen molar-refractivity contribution in [3.63, 3.8) is 0 Å². The summed E-state index contributed by atoms with van der Waals surface area (Å²) in [6.07, 6.45) is 0. The molecular weight excluding hydrogens is 242 g/mol. The number of methoxy groups -OCH3 is 1. The van der Waals surface area contributed by atoms with Crippen LogP contribution in [0.25, 0.3) is 10.6 Å². The van der Waals surface area contributed by atoms with Crippen LogP contribution in [0.3, 0.4) is 0 Å². The fourth-order valence-electron chi connectivity index (χ4n) is 1.31. The van der Waals surface area contributed by atoms with E-state index in [0.29, 0.717) is 10.8 Å². The van der Waals surface area contributed by atoms with E-state index in [4.69, 9.17) is 9.84 Å². The number of nitrogens with zero attached hydrogens (tertiary/aromatic N) is 1. The molecule has 2 rings (SSSR count). The van der Waals surface area contributed by atoms with Gasteiger partial charge in [-0.05, 0) is 24.3 Å². The lowest BCUT2D eigenvalue weighted by Gasteiger charge is -1.99. The maximum Gasteiger partial charge on any atom is 0.351 e. The molecule has 0 atom stereocenters. The third-order valence-electron chi connectivity index (χ3n) is 2.14. The van der Waals surface area contributed by atoms with E-state index in [-0.39, 0.29) is 4.88 Å². The topological polar surface area (TPSA) is 79.7 Å². The number of carboxylic acid groups (broad SMARTS) is 1. The van der Waals surface area contributed by atoms with Gasteiger partial charge in [0.15, 0.2) is 4.88 Å². The molecule has 88 valence electrons. The smallest absolute Gasteiger partial charge is 0.351 e. The highest BCUT2D eigenvalue weighted by Gasteiger charge is 2.17. The summed E-state index contributed by atoms with van der Waals surface area (Å²) in [6.45, 7) is 0. The van der Waals surface area contributed by atoms with Gasteiger partial charge in [-0.25, -0.2) is 9.78 Å². The molecule has 0 saturated carbocycles. The molecule has 0 bridgehead atoms. The van der Waals surface area contributed by atoms with Crippen molar-refractivity contribution < 1.29 is 19.7 Å². The van der Waals surface area contributed by atoms with Crippen molar-refractivity contribution in [3.8, 4) is 22.2 Å². The minimum Gasteiger partial charge on any atom is -0.497 e. The zero-order valence-electron chi connectivity index (χ0n) is 8.88. The molecule has 5 nitrogen and oxygen atoms in total. The first-order valence-electron chi connectivity index (χ1n) is 4.69. The van der Waals surface area contributed by atoms with Crippen LogP contribution in [-0.4, -0.2) is 28.3 Å². The van der Waals surface area contributed by atoms with Gasteiger partial charge in [0.25, 0.3) is 0 Å². The van der Waals surface area contributed by atoms with Gasteiger partial charge in [-0.15, -0.1) is 11.3 Å². The van der Waals surface area contributed by atoms with Gasteiger partial charge in [-0.1, -0.05) is 0 Å². The number of aromatic hydroxyl groups is 1. The van der Waals surface area contributed by atoms with Crippen molar-refractivity contribution in [2.75, 3.05) is 7.11 Å². The lowest BCUT2D eigenvalue weighted by molar-refractivity contribution is 0.0699. The van der Waals surface area contributed by atoms with E-state index in [0.717, 1.165) is 16.9 Å². The highest BCUT2D eigenvalue weighted by atomic mass is 32.1. The van der Waals surface area contributed by atoms with E-state index in [2.05, 4.69) is 4.98 Å². The average Bonchev–Trinajstić information content (AvgIpc) is 2.71. The molecule has 0 aliphatic carbocycles. The van der Waals surface area contributed by atoms with Crippen LogP contribution in [0.5, 0.6) is 11.6 Å². The molecule has 0 aliphatic heterocycles. The van der Waals surface area contributed by atoms with Gasteiger partial charge in [0, 0.05) is 5.56 Å². The summed E-state index contributed by atoms with van der Waals surface area (Å²) in [7, 11) is 1.56. The molecule has 6 heteroatoms. The van der Waals surface area contributed by atoms with Gasteiger partial charge < -0.3 is 14.9 Å². The van der Waals surface area contributed by atoms with Crippen molar-refractivity contribution >= 4 is 17.3 Å². The Labute approximate surface area is 101 Å². The maximum atomic E-state index is 10.8. The Morgan fingerprint density at radius 3 is 2.47 bits per heavy atom. The minimum atomic E-state index is -1.18. The number of aromatic nitrogens is 1. The van der Waals surface area contributed by atoms with Crippen LogP contribution < -0.4 is 4.74 Å². The van der Waals surface area contributed by atoms with Crippen LogP contribution in [-0.2, 0) is 0 Å². The van der Waals surface area contributed by atoms with Gasteiger partial charge in [0.05, 0.1) is 7.11 Å². The van der Waals surface area contributed by atoms with E-state index in [1.165, 1.54) is 0 Å². The van der Waals surface area contributed by atoms with Crippen LogP contribution >= 0.6 is 11.3 Å². The van der Waals surface area contributed by atoms with Crippen molar-refractivity contribution in [2.24, 2.45) is 0 Å². The number of aromatic carboxylic acids is 1. The fraction of sp³-hybridized carbons (Fsp3) is 0.0909. The molecule has 0 amide bonds. The molecule has 0 fully saturated rings. The number of carbonyl (C=O) groups is 1. The Kier molecular flexibility index (Phi) is 2.97. The Morgan fingerprint density at radius 2 is 2.00 bits per heavy atom. The van der Waals surface area contributed by atoms with Crippen molar-refractivity contribution in [1.82, 2.24) is 4.98 Å². The second kappa shape index (κ2) is 4.42. The molecule has 0 unspecified atom stereocenters. The number of rotatable bonds is 3. The van der Waals surface area contributed by atoms with E-state index in [9.17, 15) is 9.90 Å². The summed E-state index contributed by atoms with van der Waals surface area (Å²) in [5.74, 6) is -0.930.